The third-order valence-electron chi connectivity index (χ3n) is 16.5. The molecule has 25 nitrogen and oxygen atoms in total. The lowest BCUT2D eigenvalue weighted by atomic mass is 9.98. The maximum Gasteiger partial charge on any atom is 0.348 e. The van der Waals surface area contributed by atoms with Gasteiger partial charge >= 0.3 is 17.1 Å². The van der Waals surface area contributed by atoms with Crippen LogP contribution in [0.25, 0.3) is 84.3 Å². The zero-order valence-corrected chi connectivity index (χ0v) is 56.3. The lowest BCUT2D eigenvalue weighted by molar-refractivity contribution is 0.414. The topological polar surface area (TPSA) is 362 Å². The molecule has 12 N–H and O–H groups in total. The van der Waals surface area contributed by atoms with E-state index in [-0.39, 0.29) is 87.1 Å². The molecule has 0 atom stereocenters. The second kappa shape index (κ2) is 28.5. The van der Waals surface area contributed by atoms with E-state index in [2.05, 4.69) is 40.8 Å². The second-order valence-corrected chi connectivity index (χ2v) is 24.7. The molecule has 0 aliphatic heterocycles. The summed E-state index contributed by atoms with van der Waals surface area (Å²) in [6.45, 7) is 17.3. The van der Waals surface area contributed by atoms with Gasteiger partial charge in [-0.3, -0.25) is 14.2 Å². The number of hydrogen-bond acceptors (Lipinski definition) is 17. The van der Waals surface area contributed by atoms with Gasteiger partial charge in [-0.05, 0) is 157 Å². The number of H-pyrrole nitrogens is 4. The highest BCUT2D eigenvalue weighted by molar-refractivity contribution is 7.71. The minimum absolute atomic E-state index is 0.00475. The van der Waals surface area contributed by atoms with Crippen molar-refractivity contribution in [3.63, 3.8) is 0 Å². The van der Waals surface area contributed by atoms with Crippen molar-refractivity contribution >= 4 is 33.9 Å². The molecule has 0 unspecified atom stereocenters. The summed E-state index contributed by atoms with van der Waals surface area (Å²) >= 11 is 5.46. The molecule has 13 aromatic rings. The summed E-state index contributed by atoms with van der Waals surface area (Å²) in [6.07, 6.45) is 2.59. The van der Waals surface area contributed by atoms with Crippen molar-refractivity contribution in [2.24, 2.45) is 7.05 Å². The number of nitrogens with one attached hydrogen (secondary N) is 4. The number of ether oxygens (including phenoxy) is 1. The van der Waals surface area contributed by atoms with Crippen LogP contribution >= 0.6 is 12.2 Å². The molecule has 0 aliphatic rings. The molecule has 0 radical (unpaired) electrons. The summed E-state index contributed by atoms with van der Waals surface area (Å²) in [5.74, 6) is 1.93. The number of aromatic amines is 4. The van der Waals surface area contributed by atoms with Crippen molar-refractivity contribution in [1.82, 2.24) is 63.6 Å². The van der Waals surface area contributed by atoms with Crippen LogP contribution in [0.2, 0.25) is 0 Å². The largest absolute Gasteiger partial charge is 0.508 e. The maximum atomic E-state index is 12.5. The van der Waals surface area contributed by atoms with Gasteiger partial charge in [0, 0.05) is 59.8 Å². The van der Waals surface area contributed by atoms with Gasteiger partial charge in [-0.1, -0.05) is 84.9 Å². The highest BCUT2D eigenvalue weighted by Crippen LogP contribution is 2.42. The third kappa shape index (κ3) is 13.7. The van der Waals surface area contributed by atoms with Crippen LogP contribution in [0.4, 0.5) is 0 Å². The van der Waals surface area contributed by atoms with Crippen molar-refractivity contribution in [3.8, 4) is 114 Å². The summed E-state index contributed by atoms with van der Waals surface area (Å²) in [4.78, 5) is 36.5. The molecular formula is C72H75N13O12S. The Labute approximate surface area is 565 Å². The Kier molecular flexibility index (Phi) is 20.0. The van der Waals surface area contributed by atoms with E-state index >= 15 is 0 Å². The Hall–Kier alpha value is -12.1. The van der Waals surface area contributed by atoms with Crippen molar-refractivity contribution in [1.29, 1.82) is 0 Å². The van der Waals surface area contributed by atoms with Crippen molar-refractivity contribution in [2.75, 3.05) is 7.11 Å². The number of phenols is 8. The fourth-order valence-electron chi connectivity index (χ4n) is 11.4. The fourth-order valence-corrected chi connectivity index (χ4v) is 11.7. The molecule has 0 amide bonds. The van der Waals surface area contributed by atoms with E-state index in [1.54, 1.807) is 55.6 Å². The molecule has 0 aliphatic carbocycles. The zero-order valence-electron chi connectivity index (χ0n) is 55.5. The van der Waals surface area contributed by atoms with E-state index in [9.17, 15) is 55.2 Å². The first kappa shape index (κ1) is 68.8. The second-order valence-electron chi connectivity index (χ2n) is 24.3. The molecule has 98 heavy (non-hydrogen) atoms. The highest BCUT2D eigenvalue weighted by atomic mass is 32.1. The number of phenolic OH excluding ortho intramolecular Hbond substituents is 8. The molecule has 5 heterocycles. The number of aromatic nitrogens is 13. The zero-order chi connectivity index (χ0) is 70.7. The average molecular weight is 1350 g/mol. The molecule has 0 saturated heterocycles. The minimum atomic E-state index is -0.432. The lowest BCUT2D eigenvalue weighted by Crippen LogP contribution is -2.19. The predicted octanol–water partition coefficient (Wildman–Crippen LogP) is 13.1. The van der Waals surface area contributed by atoms with E-state index in [0.29, 0.717) is 78.9 Å². The standard InChI is InChI=1S/C20H20N4O3.C20H17N3O2S.C18H19N3O4.C14H19N3O3/c1-11(2)14-9-15(18(26)10-17(14)25)19-21-22-20(27)24(19)13-4-5-16-12(8-13)6-7-23(16)3;1-2-12-10-15(18(25)11-17(12)24)19-21-22-20(26)23(19)16-9-5-7-13-6-3-4-8-14(13)16;1-10(2)13-8-14(16(23)9-15(13)22)17-19-20-18(24)21(17)11-4-6-12(25-3)7-5-11;1-7(2)9-5-10(12(19)6-11(9)18)13-15-16-14(20)17(13)8(3)4/h4-11,25-26H,1-3H3,(H,22,27);3-11,24-25H,2H2,1H3,(H,22,26);4-10,22-23H,1-3H3,(H,20,24);5-8,18-19H,1-4H3,(H,16,20). The minimum Gasteiger partial charge on any atom is -0.508 e. The molecule has 0 fully saturated rings. The van der Waals surface area contributed by atoms with Gasteiger partial charge in [-0.25, -0.2) is 38.8 Å². The van der Waals surface area contributed by atoms with Crippen LogP contribution in [0.5, 0.6) is 51.7 Å². The molecule has 506 valence electrons. The Balaban J connectivity index is 0.000000142. The number of aromatic hydroxyl groups is 8. The molecule has 0 spiro atoms. The van der Waals surface area contributed by atoms with Crippen LogP contribution in [-0.2, 0) is 13.5 Å². The SMILES string of the molecule is CC(C)c1cc(-c2n[nH]c(=O)n2-c2ccc3c(ccn3C)c2)c(O)cc1O.CC(C)c1cc(-c2n[nH]c(=O)n2C(C)C)c(O)cc1O.CCc1cc(-c2n[nH]c(=S)n2-c2cccc3ccccc23)c(O)cc1O.COc1ccc(-n2c(-c3cc(C(C)C)c(O)cc3O)n[nH]c2=O)cc1. The molecule has 26 heteroatoms. The molecule has 8 aromatic carbocycles. The third-order valence-corrected chi connectivity index (χ3v) is 16.8. The van der Waals surface area contributed by atoms with Gasteiger partial charge < -0.3 is 50.2 Å². The number of rotatable bonds is 13. The number of methoxy groups -OCH3 is 1. The summed E-state index contributed by atoms with van der Waals surface area (Å²) in [5, 5.41) is 111. The molecular weight excluding hydrogens is 1270 g/mol. The van der Waals surface area contributed by atoms with Gasteiger partial charge in [0.25, 0.3) is 0 Å². The molecule has 13 rings (SSSR count). The first-order valence-corrected chi connectivity index (χ1v) is 31.7. The van der Waals surface area contributed by atoms with Crippen LogP contribution < -0.4 is 21.8 Å². The lowest BCUT2D eigenvalue weighted by Gasteiger charge is -2.14. The number of hydrogen-bond donors (Lipinski definition) is 12. The number of nitrogens with zero attached hydrogens (tertiary/aromatic N) is 9. The molecule has 5 aromatic heterocycles. The van der Waals surface area contributed by atoms with Gasteiger partial charge in [-0.15, -0.1) is 0 Å². The quantitative estimate of drug-likeness (QED) is 0.0477. The van der Waals surface area contributed by atoms with Crippen molar-refractivity contribution in [3.05, 3.63) is 204 Å². The van der Waals surface area contributed by atoms with Crippen LogP contribution in [0, 0.1) is 4.77 Å². The van der Waals surface area contributed by atoms with E-state index in [1.807, 2.05) is 151 Å². The average Bonchev–Trinajstić information content (AvgIpc) is 1.54. The van der Waals surface area contributed by atoms with E-state index in [0.717, 1.165) is 32.9 Å². The maximum absolute atomic E-state index is 12.5. The van der Waals surface area contributed by atoms with E-state index in [4.69, 9.17) is 17.0 Å². The Morgan fingerprint density at radius 2 is 0.908 bits per heavy atom. The normalized spacial score (nSPS) is 11.3. The van der Waals surface area contributed by atoms with E-state index in [1.165, 1.54) is 38.0 Å². The van der Waals surface area contributed by atoms with Gasteiger partial charge in [0.2, 0.25) is 0 Å². The number of aryl methyl sites for hydroxylation is 2. The number of fused-ring (bicyclic) bond motifs is 2. The molecule has 0 saturated carbocycles. The van der Waals surface area contributed by atoms with Gasteiger partial charge in [0.1, 0.15) is 51.7 Å². The van der Waals surface area contributed by atoms with Crippen LogP contribution in [0.15, 0.2) is 160 Å². The van der Waals surface area contributed by atoms with Crippen molar-refractivity contribution in [2.45, 2.75) is 92.5 Å². The summed E-state index contributed by atoms with van der Waals surface area (Å²) < 4.78 is 13.6. The molecule has 0 bridgehead atoms. The van der Waals surface area contributed by atoms with Crippen molar-refractivity contribution < 1.29 is 45.6 Å². The van der Waals surface area contributed by atoms with Gasteiger partial charge in [-0.2, -0.15) is 20.4 Å². The van der Waals surface area contributed by atoms with Gasteiger partial charge in [0.05, 0.1) is 46.4 Å². The summed E-state index contributed by atoms with van der Waals surface area (Å²) in [6, 6.07) is 40.4. The Morgan fingerprint density at radius 3 is 1.43 bits per heavy atom. The fraction of sp³-hybridized carbons (Fsp3) is 0.222. The van der Waals surface area contributed by atoms with E-state index < -0.39 is 11.4 Å². The Morgan fingerprint density at radius 1 is 0.459 bits per heavy atom. The monoisotopic (exact) mass is 1350 g/mol. The number of benzene rings is 8. The summed E-state index contributed by atoms with van der Waals surface area (Å²) in [5.41, 5.74) is 6.42. The first-order valence-electron chi connectivity index (χ1n) is 31.3. The summed E-state index contributed by atoms with van der Waals surface area (Å²) in [7, 11) is 3.52. The Bertz CT molecular complexity index is 5330. The van der Waals surface area contributed by atoms with Gasteiger partial charge in [0.15, 0.2) is 28.1 Å². The first-order chi connectivity index (χ1) is 46.7. The smallest absolute Gasteiger partial charge is 0.348 e. The van der Waals surface area contributed by atoms with Crippen LogP contribution in [-0.4, -0.2) is 112 Å². The van der Waals surface area contributed by atoms with Crippen LogP contribution in [0.1, 0.15) is 108 Å². The predicted molar refractivity (Wildman–Crippen MR) is 378 cm³/mol. The highest BCUT2D eigenvalue weighted by Gasteiger charge is 2.24. The van der Waals surface area contributed by atoms with Crippen LogP contribution in [0.3, 0.4) is 0 Å².